The van der Waals surface area contributed by atoms with Crippen LogP contribution in [0.3, 0.4) is 0 Å². The first kappa shape index (κ1) is 54.9. The average molecular weight is 1110 g/mol. The Bertz CT molecular complexity index is 2640. The molecule has 16 heteroatoms. The lowest BCUT2D eigenvalue weighted by atomic mass is 9.63. The summed E-state index contributed by atoms with van der Waals surface area (Å²) < 4.78 is 0. The minimum atomic E-state index is -0.323. The average Bonchev–Trinajstić information content (AvgIpc) is 2.55. The van der Waals surface area contributed by atoms with Crippen molar-refractivity contribution in [3.05, 3.63) is 48.6 Å². The predicted molar refractivity (Wildman–Crippen MR) is 301 cm³/mol. The quantitative estimate of drug-likeness (QED) is 0.114. The molecule has 0 aliphatic heterocycles. The normalized spacial score (nSPS) is 50.1. The summed E-state index contributed by atoms with van der Waals surface area (Å²) >= 11 is 0. The Morgan fingerprint density at radius 2 is 0.556 bits per heavy atom. The number of carbonyl (C=O) groups is 8. The first-order valence-corrected chi connectivity index (χ1v) is 31.5. The maximum absolute atomic E-state index is 12.8. The second-order valence-corrected chi connectivity index (χ2v) is 29.7. The van der Waals surface area contributed by atoms with E-state index in [2.05, 4.69) is 48.6 Å². The largest absolute Gasteiger partial charge is 0.370 e. The number of primary amides is 6. The molecule has 32 atom stereocenters. The lowest BCUT2D eigenvalue weighted by Crippen LogP contribution is -2.49. The molecule has 0 spiro atoms. The van der Waals surface area contributed by atoms with E-state index in [9.17, 15) is 38.4 Å². The van der Waals surface area contributed by atoms with Crippen molar-refractivity contribution >= 4 is 47.3 Å². The van der Waals surface area contributed by atoms with Gasteiger partial charge < -0.3 is 44.2 Å². The molecule has 81 heavy (non-hydrogen) atoms. The zero-order valence-electron chi connectivity index (χ0n) is 47.9. The van der Waals surface area contributed by atoms with E-state index in [-0.39, 0.29) is 70.9 Å². The minimum Gasteiger partial charge on any atom is -0.370 e. The Hall–Kier alpha value is -5.28. The van der Waals surface area contributed by atoms with Gasteiger partial charge in [0.05, 0.1) is 23.7 Å². The lowest BCUT2D eigenvalue weighted by molar-refractivity contribution is -0.148. The summed E-state index contributed by atoms with van der Waals surface area (Å²) in [7, 11) is 7.29. The van der Waals surface area contributed by atoms with Crippen LogP contribution in [0.15, 0.2) is 48.6 Å². The van der Waals surface area contributed by atoms with Crippen LogP contribution in [-0.2, 0) is 38.4 Å². The maximum Gasteiger partial charge on any atom is 0.226 e. The Kier molecular flexibility index (Phi) is 13.7. The number of hydrogen-bond acceptors (Lipinski definition) is 8. The van der Waals surface area contributed by atoms with E-state index in [0.717, 1.165) is 54.8 Å². The molecule has 0 radical (unpaired) electrons. The van der Waals surface area contributed by atoms with Gasteiger partial charge in [-0.3, -0.25) is 38.4 Å². The third-order valence-corrected chi connectivity index (χ3v) is 26.5. The van der Waals surface area contributed by atoms with E-state index in [1.165, 1.54) is 38.5 Å². The topological polar surface area (TPSA) is 299 Å². The third kappa shape index (κ3) is 8.49. The highest BCUT2D eigenvalue weighted by atomic mass is 16.2. The number of nitrogens with two attached hydrogens (primary N) is 6. The van der Waals surface area contributed by atoms with Crippen molar-refractivity contribution in [3.8, 4) is 0 Å². The molecule has 12 N–H and O–H groups in total. The van der Waals surface area contributed by atoms with Crippen molar-refractivity contribution in [3.63, 3.8) is 0 Å². The van der Waals surface area contributed by atoms with Crippen LogP contribution < -0.4 is 34.4 Å². The molecular formula is C65H90N8O8. The highest BCUT2D eigenvalue weighted by Crippen LogP contribution is 2.73. The Labute approximate surface area is 477 Å². The molecule has 16 rings (SSSR count). The van der Waals surface area contributed by atoms with E-state index in [4.69, 9.17) is 34.4 Å². The van der Waals surface area contributed by atoms with Gasteiger partial charge in [-0.05, 0) is 223 Å². The number of fused-ring (bicyclic) bond motifs is 36. The van der Waals surface area contributed by atoms with Gasteiger partial charge in [-0.2, -0.15) is 0 Å². The molecule has 16 aliphatic rings. The van der Waals surface area contributed by atoms with Crippen LogP contribution in [0.4, 0.5) is 0 Å². The van der Waals surface area contributed by atoms with Crippen molar-refractivity contribution in [1.29, 1.82) is 0 Å². The first-order chi connectivity index (χ1) is 38.6. The Balaban J connectivity index is 0.000000102. The van der Waals surface area contributed by atoms with Crippen LogP contribution in [0.2, 0.25) is 0 Å². The monoisotopic (exact) mass is 1110 g/mol. The summed E-state index contributed by atoms with van der Waals surface area (Å²) in [6.07, 6.45) is 31.2. The molecule has 12 fully saturated rings. The molecule has 16 bridgehead atoms. The molecule has 12 saturated carbocycles. The van der Waals surface area contributed by atoms with E-state index < -0.39 is 0 Å². The fourth-order valence-electron chi connectivity index (χ4n) is 25.0. The molecule has 0 heterocycles. The van der Waals surface area contributed by atoms with Crippen LogP contribution in [0, 0.1) is 189 Å². The van der Waals surface area contributed by atoms with E-state index in [1.54, 1.807) is 9.80 Å². The Morgan fingerprint density at radius 3 is 0.802 bits per heavy atom. The molecule has 0 aromatic carbocycles. The van der Waals surface area contributed by atoms with Crippen LogP contribution in [0.25, 0.3) is 0 Å². The lowest BCUT2D eigenvalue weighted by Gasteiger charge is -2.41. The zero-order chi connectivity index (χ0) is 57.1. The molecule has 32 unspecified atom stereocenters. The van der Waals surface area contributed by atoms with Crippen LogP contribution >= 0.6 is 0 Å². The van der Waals surface area contributed by atoms with Gasteiger partial charge in [0, 0.05) is 53.9 Å². The van der Waals surface area contributed by atoms with Gasteiger partial charge in [0.1, 0.15) is 0 Å². The number of nitrogens with zero attached hydrogens (tertiary/aromatic N) is 2. The minimum absolute atomic E-state index is 0.0936. The van der Waals surface area contributed by atoms with E-state index in [0.29, 0.717) is 156 Å². The van der Waals surface area contributed by atoms with Gasteiger partial charge >= 0.3 is 0 Å². The molecule has 16 nitrogen and oxygen atoms in total. The summed E-state index contributed by atoms with van der Waals surface area (Å²) in [5.74, 6) is 14.4. The molecular weight excluding hydrogens is 1020 g/mol. The number of allylic oxidation sites excluding steroid dienone is 8. The maximum atomic E-state index is 12.8. The molecule has 8 amide bonds. The molecule has 0 aromatic heterocycles. The Morgan fingerprint density at radius 1 is 0.321 bits per heavy atom. The van der Waals surface area contributed by atoms with Crippen LogP contribution in [0.5, 0.6) is 0 Å². The summed E-state index contributed by atoms with van der Waals surface area (Å²) in [6, 6.07) is 0. The first-order valence-electron chi connectivity index (χ1n) is 31.5. The van der Waals surface area contributed by atoms with Crippen molar-refractivity contribution in [2.75, 3.05) is 28.2 Å². The number of amides is 8. The number of hydrogen-bond donors (Lipinski definition) is 6. The van der Waals surface area contributed by atoms with Gasteiger partial charge in [-0.25, -0.2) is 0 Å². The smallest absolute Gasteiger partial charge is 0.226 e. The summed E-state index contributed by atoms with van der Waals surface area (Å²) in [4.78, 5) is 97.9. The van der Waals surface area contributed by atoms with Gasteiger partial charge in [-0.1, -0.05) is 48.6 Å². The molecule has 0 aromatic rings. The summed E-state index contributed by atoms with van der Waals surface area (Å²) in [5, 5.41) is 0. The number of rotatable bonds is 13. The van der Waals surface area contributed by atoms with E-state index >= 15 is 0 Å². The predicted octanol–water partition coefficient (Wildman–Crippen LogP) is 4.27. The molecule has 438 valence electrons. The molecule has 0 saturated heterocycles. The molecule has 16 aliphatic carbocycles. The highest BCUT2D eigenvalue weighted by Gasteiger charge is 2.70. The fraction of sp³-hybridized carbons (Fsp3) is 0.754. The van der Waals surface area contributed by atoms with Gasteiger partial charge in [0.15, 0.2) is 0 Å². The highest BCUT2D eigenvalue weighted by molar-refractivity contribution is 5.89. The van der Waals surface area contributed by atoms with Crippen molar-refractivity contribution < 1.29 is 38.4 Å². The van der Waals surface area contributed by atoms with Gasteiger partial charge in [0.2, 0.25) is 47.3 Å². The van der Waals surface area contributed by atoms with Gasteiger partial charge in [0.25, 0.3) is 0 Å². The van der Waals surface area contributed by atoms with Crippen molar-refractivity contribution in [2.45, 2.75) is 83.5 Å². The summed E-state index contributed by atoms with van der Waals surface area (Å²) in [6.45, 7) is 0. The van der Waals surface area contributed by atoms with E-state index in [1.807, 2.05) is 28.2 Å². The van der Waals surface area contributed by atoms with Crippen molar-refractivity contribution in [1.82, 2.24) is 9.80 Å². The van der Waals surface area contributed by atoms with Crippen molar-refractivity contribution in [2.24, 2.45) is 224 Å². The second-order valence-electron chi connectivity index (χ2n) is 29.7. The summed E-state index contributed by atoms with van der Waals surface area (Å²) in [5.41, 5.74) is 32.8. The van der Waals surface area contributed by atoms with Crippen LogP contribution in [-0.4, -0.2) is 85.2 Å². The SMILES string of the molecule is CN(C)C(=O)C1C2CC(C1C(=O)N(C)C)C1C3C=CC(C3)C21.NC(=O)C1C2CC(C1C(N)=O)C1C3C=CC(C3)C21.NC(=O)CC1C(CC(N)=O)C2CC1C1C3C=CC(C3)C21.NC(=O)CCC1C(CC(N)=O)C2CC1C1C3C=CC(C3)C21. The van der Waals surface area contributed by atoms with Gasteiger partial charge in [-0.15, -0.1) is 0 Å². The zero-order valence-corrected chi connectivity index (χ0v) is 47.9. The fourth-order valence-corrected chi connectivity index (χ4v) is 25.0. The third-order valence-electron chi connectivity index (χ3n) is 26.5. The second kappa shape index (κ2) is 20.2. The standard InChI is InChI=1S/C18H26N2O2.C17H24N2O2.C16H22N2O2.C14H18N2O2/c1-19(2)17(21)15-11-8-12(16(15)18(22)20(3)4)14-10-6-5-9(7-10)13(11)14;18-14(20)4-3-10-11(7-15(19)21)13-6-12(10)16-8-1-2-9(5-8)17(13)16;17-13(19)5-9-10(6-14(18)20)12-4-11(9)15-7-1-2-8(3-7)16(12)15;15-13(17)11-7-4-8(12(11)14(16)18)10-6-2-1-5(3-6)9(7)10/h5-6,9-16H,7-8H2,1-4H3;1-2,8-13,16-17H,3-7H2,(H2,18,20)(H2,19,21);1-2,7-12,15-16H,3-6H2,(H2,17,19)(H2,18,20);1-2,5-12H,3-4H2,(H2,15,17)(H2,16,18). The number of carbonyl (C=O) groups excluding carboxylic acids is 8. The van der Waals surface area contributed by atoms with Crippen LogP contribution in [0.1, 0.15) is 83.5 Å².